The lowest BCUT2D eigenvalue weighted by Gasteiger charge is -2.27. The Morgan fingerprint density at radius 1 is 1.59 bits per heavy atom. The van der Waals surface area contributed by atoms with Gasteiger partial charge in [0.1, 0.15) is 11.6 Å². The first-order valence-electron chi connectivity index (χ1n) is 5.27. The van der Waals surface area contributed by atoms with Gasteiger partial charge < -0.3 is 15.6 Å². The molecule has 1 aliphatic rings. The molecule has 0 aliphatic carbocycles. The fraction of sp³-hybridized carbons (Fsp3) is 0.333. The third-order valence-corrected chi connectivity index (χ3v) is 2.98. The molecule has 1 heterocycles. The molecule has 5 nitrogen and oxygen atoms in total. The molecule has 2 rings (SSSR count). The summed E-state index contributed by atoms with van der Waals surface area (Å²) >= 11 is 0. The number of para-hydroxylation sites is 1. The van der Waals surface area contributed by atoms with Gasteiger partial charge in [-0.25, -0.2) is 0 Å². The quantitative estimate of drug-likeness (QED) is 0.815. The van der Waals surface area contributed by atoms with Crippen molar-refractivity contribution in [2.24, 2.45) is 10.7 Å². The second kappa shape index (κ2) is 4.27. The molecule has 0 saturated heterocycles. The minimum absolute atomic E-state index is 0.166. The summed E-state index contributed by atoms with van der Waals surface area (Å²) in [5, 5.41) is 8.88. The van der Waals surface area contributed by atoms with E-state index in [1.54, 1.807) is 6.21 Å². The van der Waals surface area contributed by atoms with Gasteiger partial charge in [-0.3, -0.25) is 9.79 Å². The number of ether oxygens (including phenoxy) is 1. The highest BCUT2D eigenvalue weighted by atomic mass is 16.5. The van der Waals surface area contributed by atoms with Crippen LogP contribution < -0.4 is 5.73 Å². The Morgan fingerprint density at radius 2 is 2.29 bits per heavy atom. The third-order valence-electron chi connectivity index (χ3n) is 2.98. The van der Waals surface area contributed by atoms with Gasteiger partial charge in [0.15, 0.2) is 0 Å². The van der Waals surface area contributed by atoms with Crippen LogP contribution in [0.25, 0.3) is 0 Å². The van der Waals surface area contributed by atoms with E-state index < -0.39 is 17.6 Å². The predicted octanol–water partition coefficient (Wildman–Crippen LogP) is 1.05. The normalized spacial score (nSPS) is 23.4. The molecule has 17 heavy (non-hydrogen) atoms. The lowest BCUT2D eigenvalue weighted by molar-refractivity contribution is -0.139. The Labute approximate surface area is 98.9 Å². The van der Waals surface area contributed by atoms with E-state index in [-0.39, 0.29) is 6.42 Å². The minimum Gasteiger partial charge on any atom is -0.480 e. The molecule has 0 fully saturated rings. The van der Waals surface area contributed by atoms with E-state index in [4.69, 9.17) is 15.6 Å². The van der Waals surface area contributed by atoms with Gasteiger partial charge >= 0.3 is 5.97 Å². The smallest absolute Gasteiger partial charge is 0.320 e. The largest absolute Gasteiger partial charge is 0.480 e. The molecule has 1 aliphatic heterocycles. The average molecular weight is 234 g/mol. The van der Waals surface area contributed by atoms with Crippen molar-refractivity contribution in [3.63, 3.8) is 0 Å². The second-order valence-electron chi connectivity index (χ2n) is 4.02. The fourth-order valence-corrected chi connectivity index (χ4v) is 2.01. The van der Waals surface area contributed by atoms with Crippen LogP contribution in [0.3, 0.4) is 0 Å². The summed E-state index contributed by atoms with van der Waals surface area (Å²) in [4.78, 5) is 15.1. The zero-order chi connectivity index (χ0) is 12.5. The van der Waals surface area contributed by atoms with Gasteiger partial charge in [0.2, 0.25) is 0 Å². The molecule has 3 N–H and O–H groups in total. The number of benzene rings is 1. The van der Waals surface area contributed by atoms with E-state index in [1.165, 1.54) is 7.11 Å². The van der Waals surface area contributed by atoms with Crippen LogP contribution in [0, 0.1) is 0 Å². The van der Waals surface area contributed by atoms with Crippen molar-refractivity contribution in [3.8, 4) is 0 Å². The molecule has 0 bridgehead atoms. The SMILES string of the molecule is COC1(C[C@H](N)C(=O)O)C=Nc2ccccc21. The maximum atomic E-state index is 10.8. The molecule has 1 aromatic carbocycles. The average Bonchev–Trinajstić information content (AvgIpc) is 2.69. The van der Waals surface area contributed by atoms with E-state index >= 15 is 0 Å². The number of aliphatic carboxylic acids is 1. The van der Waals surface area contributed by atoms with Gasteiger partial charge in [0, 0.05) is 25.3 Å². The topological polar surface area (TPSA) is 84.9 Å². The summed E-state index contributed by atoms with van der Waals surface area (Å²) in [5.41, 5.74) is 6.41. The Morgan fingerprint density at radius 3 is 2.94 bits per heavy atom. The van der Waals surface area contributed by atoms with E-state index in [0.717, 1.165) is 11.3 Å². The van der Waals surface area contributed by atoms with Crippen LogP contribution in [0.2, 0.25) is 0 Å². The number of aliphatic imine (C=N–C) groups is 1. The van der Waals surface area contributed by atoms with E-state index in [9.17, 15) is 4.79 Å². The van der Waals surface area contributed by atoms with Gasteiger partial charge in [0.05, 0.1) is 5.69 Å². The summed E-state index contributed by atoms with van der Waals surface area (Å²) < 4.78 is 5.45. The van der Waals surface area contributed by atoms with Gasteiger partial charge in [-0.2, -0.15) is 0 Å². The fourth-order valence-electron chi connectivity index (χ4n) is 2.01. The van der Waals surface area contributed by atoms with Crippen LogP contribution in [-0.4, -0.2) is 30.4 Å². The minimum atomic E-state index is -1.04. The molecular formula is C12H14N2O3. The molecule has 1 unspecified atom stereocenters. The first kappa shape index (κ1) is 11.8. The standard InChI is InChI=1S/C12H14N2O3/c1-17-12(6-9(13)11(15)16)7-14-10-5-3-2-4-8(10)12/h2-5,7,9H,6,13H2,1H3,(H,15,16)/t9-,12?/m0/s1. The number of carboxylic acid groups (broad SMARTS) is 1. The number of hydrogen-bond donors (Lipinski definition) is 2. The lowest BCUT2D eigenvalue weighted by atomic mass is 9.89. The highest BCUT2D eigenvalue weighted by Crippen LogP contribution is 2.39. The number of methoxy groups -OCH3 is 1. The molecule has 0 aromatic heterocycles. The number of carbonyl (C=O) groups is 1. The number of fused-ring (bicyclic) bond motifs is 1. The number of nitrogens with two attached hydrogens (primary N) is 1. The van der Waals surface area contributed by atoms with Crippen molar-refractivity contribution < 1.29 is 14.6 Å². The Bertz CT molecular complexity index is 473. The molecule has 0 spiro atoms. The zero-order valence-corrected chi connectivity index (χ0v) is 9.46. The van der Waals surface area contributed by atoms with Crippen molar-refractivity contribution in [2.75, 3.05) is 7.11 Å². The zero-order valence-electron chi connectivity index (χ0n) is 9.46. The second-order valence-corrected chi connectivity index (χ2v) is 4.02. The summed E-state index contributed by atoms with van der Waals surface area (Å²) in [6, 6.07) is 6.50. The summed E-state index contributed by atoms with van der Waals surface area (Å²) in [7, 11) is 1.53. The third kappa shape index (κ3) is 1.94. The van der Waals surface area contributed by atoms with Crippen LogP contribution in [-0.2, 0) is 15.1 Å². The molecule has 2 atom stereocenters. The molecule has 1 aromatic rings. The van der Waals surface area contributed by atoms with Gasteiger partial charge in [0.25, 0.3) is 0 Å². The van der Waals surface area contributed by atoms with Gasteiger partial charge in [-0.1, -0.05) is 18.2 Å². The molecular weight excluding hydrogens is 220 g/mol. The molecule has 0 amide bonds. The van der Waals surface area contributed by atoms with Crippen molar-refractivity contribution in [1.29, 1.82) is 0 Å². The van der Waals surface area contributed by atoms with E-state index in [1.807, 2.05) is 24.3 Å². The van der Waals surface area contributed by atoms with Crippen molar-refractivity contribution in [1.82, 2.24) is 0 Å². The van der Waals surface area contributed by atoms with Gasteiger partial charge in [-0.15, -0.1) is 0 Å². The highest BCUT2D eigenvalue weighted by Gasteiger charge is 2.39. The summed E-state index contributed by atoms with van der Waals surface area (Å²) in [5.74, 6) is -1.04. The van der Waals surface area contributed by atoms with E-state index in [2.05, 4.69) is 4.99 Å². The van der Waals surface area contributed by atoms with Crippen LogP contribution in [0.4, 0.5) is 5.69 Å². The van der Waals surface area contributed by atoms with Crippen LogP contribution in [0.1, 0.15) is 12.0 Å². The molecule has 0 saturated carbocycles. The van der Waals surface area contributed by atoms with Crippen molar-refractivity contribution in [2.45, 2.75) is 18.1 Å². The maximum Gasteiger partial charge on any atom is 0.320 e. The van der Waals surface area contributed by atoms with Crippen LogP contribution in [0.15, 0.2) is 29.3 Å². The lowest BCUT2D eigenvalue weighted by Crippen LogP contribution is -2.40. The first-order chi connectivity index (χ1) is 8.09. The molecule has 0 radical (unpaired) electrons. The Kier molecular flexibility index (Phi) is 2.95. The maximum absolute atomic E-state index is 10.8. The Balaban J connectivity index is 2.35. The molecule has 90 valence electrons. The van der Waals surface area contributed by atoms with Gasteiger partial charge in [-0.05, 0) is 6.07 Å². The monoisotopic (exact) mass is 234 g/mol. The van der Waals surface area contributed by atoms with Crippen LogP contribution in [0.5, 0.6) is 0 Å². The Hall–Kier alpha value is -1.72. The van der Waals surface area contributed by atoms with Crippen LogP contribution >= 0.6 is 0 Å². The number of rotatable bonds is 4. The van der Waals surface area contributed by atoms with E-state index in [0.29, 0.717) is 0 Å². The first-order valence-corrected chi connectivity index (χ1v) is 5.27. The van der Waals surface area contributed by atoms with Crippen molar-refractivity contribution >= 4 is 17.9 Å². The summed E-state index contributed by atoms with van der Waals surface area (Å²) in [6.45, 7) is 0. The summed E-state index contributed by atoms with van der Waals surface area (Å²) in [6.07, 6.45) is 1.79. The number of hydrogen-bond acceptors (Lipinski definition) is 4. The van der Waals surface area contributed by atoms with Crippen molar-refractivity contribution in [3.05, 3.63) is 29.8 Å². The number of carboxylic acids is 1. The molecule has 5 heteroatoms. The number of nitrogens with zero attached hydrogens (tertiary/aromatic N) is 1. The highest BCUT2D eigenvalue weighted by molar-refractivity contribution is 5.85. The predicted molar refractivity (Wildman–Crippen MR) is 63.5 cm³/mol.